The van der Waals surface area contributed by atoms with E-state index in [0.29, 0.717) is 0 Å². The predicted molar refractivity (Wildman–Crippen MR) is 66.0 cm³/mol. The van der Waals surface area contributed by atoms with Crippen LogP contribution in [0.25, 0.3) is 0 Å². The third kappa shape index (κ3) is 2.40. The van der Waals surface area contributed by atoms with Crippen LogP contribution in [0.3, 0.4) is 0 Å². The molecule has 0 N–H and O–H groups in total. The Kier molecular flexibility index (Phi) is 3.11. The molecule has 0 aliphatic carbocycles. The van der Waals surface area contributed by atoms with E-state index in [1.165, 1.54) is 17.7 Å². The van der Waals surface area contributed by atoms with Gasteiger partial charge in [-0.05, 0) is 42.9 Å². The quantitative estimate of drug-likeness (QED) is 0.683. The molecule has 1 nitrogen and oxygen atoms in total. The highest BCUT2D eigenvalue weighted by molar-refractivity contribution is 6.31. The van der Waals surface area contributed by atoms with E-state index in [9.17, 15) is 0 Å². The van der Waals surface area contributed by atoms with Gasteiger partial charge in [-0.25, -0.2) is 0 Å². The van der Waals surface area contributed by atoms with Gasteiger partial charge in [0.05, 0.1) is 0 Å². The third-order valence-electron chi connectivity index (χ3n) is 2.97. The number of hydrogen-bond donors (Lipinski definition) is 0. The number of hydrogen-bond acceptors (Lipinski definition) is 1. The molecule has 0 bridgehead atoms. The van der Waals surface area contributed by atoms with Crippen LogP contribution in [0.15, 0.2) is 23.2 Å². The summed E-state index contributed by atoms with van der Waals surface area (Å²) in [4.78, 5) is 4.61. The number of rotatable bonds is 1. The molecule has 2 heteroatoms. The first kappa shape index (κ1) is 10.7. The molecule has 0 saturated heterocycles. The Hall–Kier alpha value is -0.820. The Morgan fingerprint density at radius 3 is 2.80 bits per heavy atom. The maximum Gasteiger partial charge on any atom is 0.0441 e. The predicted octanol–water partition coefficient (Wildman–Crippen LogP) is 3.87. The van der Waals surface area contributed by atoms with Crippen molar-refractivity contribution < 1.29 is 0 Å². The van der Waals surface area contributed by atoms with E-state index < -0.39 is 0 Å². The molecule has 1 unspecified atom stereocenters. The molecule has 0 aromatic heterocycles. The van der Waals surface area contributed by atoms with Crippen LogP contribution in [0.5, 0.6) is 0 Å². The highest BCUT2D eigenvalue weighted by Crippen LogP contribution is 2.22. The van der Waals surface area contributed by atoms with Crippen molar-refractivity contribution in [2.75, 3.05) is 6.54 Å². The average molecular weight is 222 g/mol. The number of benzene rings is 1. The van der Waals surface area contributed by atoms with E-state index in [2.05, 4.69) is 24.0 Å². The first-order chi connectivity index (χ1) is 7.16. The van der Waals surface area contributed by atoms with Gasteiger partial charge in [-0.3, -0.25) is 4.99 Å². The molecule has 1 aliphatic heterocycles. The van der Waals surface area contributed by atoms with Gasteiger partial charge in [-0.15, -0.1) is 0 Å². The number of halogens is 1. The molecular weight excluding hydrogens is 206 g/mol. The van der Waals surface area contributed by atoms with Crippen molar-refractivity contribution in [3.8, 4) is 0 Å². The first-order valence-electron chi connectivity index (χ1n) is 5.46. The molecule has 0 amide bonds. The van der Waals surface area contributed by atoms with Gasteiger partial charge in [0, 0.05) is 17.3 Å². The molecule has 0 spiro atoms. The average Bonchev–Trinajstić information content (AvgIpc) is 2.23. The largest absolute Gasteiger partial charge is 0.289 e. The van der Waals surface area contributed by atoms with E-state index in [1.54, 1.807) is 0 Å². The van der Waals surface area contributed by atoms with Gasteiger partial charge in [0.1, 0.15) is 0 Å². The molecule has 15 heavy (non-hydrogen) atoms. The molecule has 1 aromatic rings. The molecule has 2 rings (SSSR count). The van der Waals surface area contributed by atoms with Crippen LogP contribution in [-0.2, 0) is 0 Å². The van der Waals surface area contributed by atoms with Crippen molar-refractivity contribution >= 4 is 17.3 Å². The third-order valence-corrected chi connectivity index (χ3v) is 3.38. The smallest absolute Gasteiger partial charge is 0.0441 e. The summed E-state index contributed by atoms with van der Waals surface area (Å²) in [6.07, 6.45) is 2.32. The molecule has 1 aromatic carbocycles. The maximum absolute atomic E-state index is 6.11. The molecule has 1 heterocycles. The van der Waals surface area contributed by atoms with Gasteiger partial charge in [0.15, 0.2) is 0 Å². The lowest BCUT2D eigenvalue weighted by Gasteiger charge is -2.17. The van der Waals surface area contributed by atoms with Crippen molar-refractivity contribution in [3.05, 3.63) is 34.3 Å². The topological polar surface area (TPSA) is 12.4 Å². The normalized spacial score (nSPS) is 21.3. The summed E-state index contributed by atoms with van der Waals surface area (Å²) < 4.78 is 0. The molecule has 1 aliphatic rings. The second kappa shape index (κ2) is 4.36. The van der Waals surface area contributed by atoms with Crippen LogP contribution < -0.4 is 0 Å². The lowest BCUT2D eigenvalue weighted by Crippen LogP contribution is -2.14. The lowest BCUT2D eigenvalue weighted by atomic mass is 9.95. The summed E-state index contributed by atoms with van der Waals surface area (Å²) in [6.45, 7) is 5.24. The molecule has 80 valence electrons. The first-order valence-corrected chi connectivity index (χ1v) is 5.84. The van der Waals surface area contributed by atoms with E-state index in [0.717, 1.165) is 29.5 Å². The summed E-state index contributed by atoms with van der Waals surface area (Å²) in [7, 11) is 0. The van der Waals surface area contributed by atoms with Crippen LogP contribution in [0.2, 0.25) is 5.02 Å². The van der Waals surface area contributed by atoms with E-state index in [-0.39, 0.29) is 0 Å². The Morgan fingerprint density at radius 2 is 2.20 bits per heavy atom. The zero-order valence-electron chi connectivity index (χ0n) is 9.26. The minimum Gasteiger partial charge on any atom is -0.289 e. The van der Waals surface area contributed by atoms with Crippen molar-refractivity contribution in [2.45, 2.75) is 26.7 Å². The molecule has 1 atom stereocenters. The van der Waals surface area contributed by atoms with Crippen LogP contribution in [0.1, 0.15) is 30.9 Å². The monoisotopic (exact) mass is 221 g/mol. The van der Waals surface area contributed by atoms with Gasteiger partial charge >= 0.3 is 0 Å². The molecule has 0 fully saturated rings. The van der Waals surface area contributed by atoms with E-state index in [1.807, 2.05) is 13.0 Å². The van der Waals surface area contributed by atoms with Crippen molar-refractivity contribution in [3.63, 3.8) is 0 Å². The van der Waals surface area contributed by atoms with Gasteiger partial charge in [-0.2, -0.15) is 0 Å². The maximum atomic E-state index is 6.11. The van der Waals surface area contributed by atoms with Crippen molar-refractivity contribution in [1.82, 2.24) is 0 Å². The van der Waals surface area contributed by atoms with Gasteiger partial charge in [0.25, 0.3) is 0 Å². The number of nitrogens with zero attached hydrogens (tertiary/aromatic N) is 1. The fourth-order valence-electron chi connectivity index (χ4n) is 1.83. The highest BCUT2D eigenvalue weighted by atomic mass is 35.5. The van der Waals surface area contributed by atoms with Crippen molar-refractivity contribution in [1.29, 1.82) is 0 Å². The summed E-state index contributed by atoms with van der Waals surface area (Å²) in [5.41, 5.74) is 3.54. The number of aliphatic imine (C=N–C) groups is 1. The zero-order chi connectivity index (χ0) is 10.8. The fraction of sp³-hybridized carbons (Fsp3) is 0.462. The Labute approximate surface area is 96.2 Å². The van der Waals surface area contributed by atoms with E-state index in [4.69, 9.17) is 11.6 Å². The Morgan fingerprint density at radius 1 is 1.40 bits per heavy atom. The Bertz CT molecular complexity index is 396. The van der Waals surface area contributed by atoms with Gasteiger partial charge < -0.3 is 0 Å². The van der Waals surface area contributed by atoms with Gasteiger partial charge in [0.2, 0.25) is 0 Å². The minimum atomic E-state index is 0.731. The minimum absolute atomic E-state index is 0.731. The van der Waals surface area contributed by atoms with Crippen LogP contribution in [0.4, 0.5) is 0 Å². The Balaban J connectivity index is 2.26. The fourth-order valence-corrected chi connectivity index (χ4v) is 2.01. The standard InChI is InChI=1S/C13H16ClN/c1-9-3-6-13(15-8-9)11-5-4-10(2)12(14)7-11/h4-5,7,9H,3,6,8H2,1-2H3. The summed E-state index contributed by atoms with van der Waals surface area (Å²) in [6, 6.07) is 6.22. The summed E-state index contributed by atoms with van der Waals surface area (Å²) in [5.74, 6) is 0.731. The second-order valence-corrected chi connectivity index (χ2v) is 4.80. The van der Waals surface area contributed by atoms with Crippen LogP contribution in [-0.4, -0.2) is 12.3 Å². The number of aryl methyl sites for hydroxylation is 1. The van der Waals surface area contributed by atoms with Gasteiger partial charge in [-0.1, -0.05) is 30.7 Å². The zero-order valence-corrected chi connectivity index (χ0v) is 10.0. The SMILES string of the molecule is Cc1ccc(C2=NCC(C)CC2)cc1Cl. The van der Waals surface area contributed by atoms with E-state index >= 15 is 0 Å². The summed E-state index contributed by atoms with van der Waals surface area (Å²) in [5, 5.41) is 0.842. The van der Waals surface area contributed by atoms with Crippen LogP contribution >= 0.6 is 11.6 Å². The van der Waals surface area contributed by atoms with Crippen LogP contribution in [0, 0.1) is 12.8 Å². The summed E-state index contributed by atoms with van der Waals surface area (Å²) >= 11 is 6.11. The lowest BCUT2D eigenvalue weighted by molar-refractivity contribution is 0.538. The second-order valence-electron chi connectivity index (χ2n) is 4.40. The molecular formula is C13H16ClN. The molecule has 0 saturated carbocycles. The molecule has 0 radical (unpaired) electrons. The highest BCUT2D eigenvalue weighted by Gasteiger charge is 2.13. The van der Waals surface area contributed by atoms with Crippen molar-refractivity contribution in [2.24, 2.45) is 10.9 Å².